The van der Waals surface area contributed by atoms with Gasteiger partial charge in [-0.1, -0.05) is 0 Å². The third-order valence-electron chi connectivity index (χ3n) is 5.22. The molecule has 9 nitrogen and oxygen atoms in total. The van der Waals surface area contributed by atoms with Crippen LogP contribution in [0, 0.1) is 10.1 Å². The van der Waals surface area contributed by atoms with Crippen molar-refractivity contribution in [2.24, 2.45) is 0 Å². The lowest BCUT2D eigenvalue weighted by molar-refractivity contribution is -0.384. The van der Waals surface area contributed by atoms with Gasteiger partial charge in [0.25, 0.3) is 5.69 Å². The van der Waals surface area contributed by atoms with Crippen LogP contribution in [0.3, 0.4) is 0 Å². The highest BCUT2D eigenvalue weighted by molar-refractivity contribution is 6.14. The molecule has 0 spiro atoms. The molecule has 0 fully saturated rings. The number of ketones is 1. The molecule has 0 bridgehead atoms. The van der Waals surface area contributed by atoms with E-state index in [-0.39, 0.29) is 23.8 Å². The zero-order chi connectivity index (χ0) is 24.2. The molecule has 0 saturated carbocycles. The van der Waals surface area contributed by atoms with Crippen molar-refractivity contribution in [1.82, 2.24) is 0 Å². The van der Waals surface area contributed by atoms with Gasteiger partial charge in [-0.05, 0) is 48.0 Å². The Morgan fingerprint density at radius 2 is 1.68 bits per heavy atom. The van der Waals surface area contributed by atoms with E-state index < -0.39 is 4.92 Å². The van der Waals surface area contributed by atoms with Crippen LogP contribution in [0.5, 0.6) is 28.7 Å². The summed E-state index contributed by atoms with van der Waals surface area (Å²) in [5.41, 5.74) is 1.78. The standard InChI is InChI=1S/C25H21NO8/c1-30-20-11-6-16(24(31-2)25(20)32-3)12-22-23(27)19-10-9-18(13-21(19)34-22)33-14-15-4-7-17(8-5-15)26(28)29/h4-13H,14H2,1-3H3. The Hall–Kier alpha value is -4.53. The number of hydrogen-bond acceptors (Lipinski definition) is 8. The van der Waals surface area contributed by atoms with Gasteiger partial charge in [0.05, 0.1) is 31.8 Å². The summed E-state index contributed by atoms with van der Waals surface area (Å²) in [5, 5.41) is 10.8. The fourth-order valence-electron chi connectivity index (χ4n) is 3.52. The summed E-state index contributed by atoms with van der Waals surface area (Å²) in [6, 6.07) is 14.5. The summed E-state index contributed by atoms with van der Waals surface area (Å²) in [5.74, 6) is 2.05. The average molecular weight is 463 g/mol. The zero-order valence-electron chi connectivity index (χ0n) is 18.7. The third-order valence-corrected chi connectivity index (χ3v) is 5.22. The summed E-state index contributed by atoms with van der Waals surface area (Å²) in [6.45, 7) is 0.205. The molecule has 0 atom stereocenters. The molecular weight excluding hydrogens is 442 g/mol. The topological polar surface area (TPSA) is 106 Å². The number of hydrogen-bond donors (Lipinski definition) is 0. The van der Waals surface area contributed by atoms with Crippen LogP contribution in [-0.4, -0.2) is 32.0 Å². The largest absolute Gasteiger partial charge is 0.493 e. The molecule has 1 heterocycles. The Morgan fingerprint density at radius 1 is 0.941 bits per heavy atom. The molecule has 0 amide bonds. The second-order valence-electron chi connectivity index (χ2n) is 7.23. The molecule has 174 valence electrons. The number of nitro groups is 1. The SMILES string of the molecule is COc1ccc(C=C2Oc3cc(OCc4ccc([N+](=O)[O-])cc4)ccc3C2=O)c(OC)c1OC. The van der Waals surface area contributed by atoms with Crippen LogP contribution < -0.4 is 23.7 Å². The molecule has 3 aromatic carbocycles. The smallest absolute Gasteiger partial charge is 0.269 e. The predicted molar refractivity (Wildman–Crippen MR) is 123 cm³/mol. The minimum atomic E-state index is -0.456. The quantitative estimate of drug-likeness (QED) is 0.266. The maximum absolute atomic E-state index is 12.9. The van der Waals surface area contributed by atoms with Gasteiger partial charge in [-0.3, -0.25) is 14.9 Å². The molecular formula is C25H21NO8. The molecule has 0 aromatic heterocycles. The van der Waals surface area contributed by atoms with E-state index in [1.54, 1.807) is 48.5 Å². The maximum atomic E-state index is 12.9. The summed E-state index contributed by atoms with van der Waals surface area (Å²) < 4.78 is 27.7. The van der Waals surface area contributed by atoms with E-state index in [0.717, 1.165) is 5.56 Å². The van der Waals surface area contributed by atoms with E-state index >= 15 is 0 Å². The van der Waals surface area contributed by atoms with E-state index in [0.29, 0.717) is 39.9 Å². The van der Waals surface area contributed by atoms with Crippen molar-refractivity contribution in [3.05, 3.63) is 87.2 Å². The highest BCUT2D eigenvalue weighted by atomic mass is 16.6. The van der Waals surface area contributed by atoms with Gasteiger partial charge < -0.3 is 23.7 Å². The van der Waals surface area contributed by atoms with Gasteiger partial charge in [0.15, 0.2) is 17.3 Å². The van der Waals surface area contributed by atoms with E-state index in [1.165, 1.54) is 33.5 Å². The van der Waals surface area contributed by atoms with E-state index in [9.17, 15) is 14.9 Å². The first-order valence-electron chi connectivity index (χ1n) is 10.2. The second-order valence-corrected chi connectivity index (χ2v) is 7.23. The van der Waals surface area contributed by atoms with Crippen molar-refractivity contribution < 1.29 is 33.4 Å². The van der Waals surface area contributed by atoms with E-state index in [1.807, 2.05) is 0 Å². The van der Waals surface area contributed by atoms with Crippen molar-refractivity contribution in [2.45, 2.75) is 6.61 Å². The lowest BCUT2D eigenvalue weighted by Crippen LogP contribution is -2.00. The van der Waals surface area contributed by atoms with Gasteiger partial charge in [0, 0.05) is 23.8 Å². The number of carbonyl (C=O) groups excluding carboxylic acids is 1. The number of nitrogens with zero attached hydrogens (tertiary/aromatic N) is 1. The van der Waals surface area contributed by atoms with E-state index in [4.69, 9.17) is 23.7 Å². The molecule has 1 aliphatic heterocycles. The van der Waals surface area contributed by atoms with Gasteiger partial charge in [-0.25, -0.2) is 0 Å². The first-order chi connectivity index (χ1) is 16.4. The Morgan fingerprint density at radius 3 is 2.32 bits per heavy atom. The number of benzene rings is 3. The number of ether oxygens (including phenoxy) is 5. The van der Waals surface area contributed by atoms with E-state index in [2.05, 4.69) is 0 Å². The molecule has 0 unspecified atom stereocenters. The first kappa shape index (κ1) is 22.7. The van der Waals surface area contributed by atoms with Gasteiger partial charge in [0.1, 0.15) is 18.1 Å². The van der Waals surface area contributed by atoms with Crippen LogP contribution >= 0.6 is 0 Å². The molecule has 0 radical (unpaired) electrons. The van der Waals surface area contributed by atoms with Gasteiger partial charge >= 0.3 is 0 Å². The highest BCUT2D eigenvalue weighted by Gasteiger charge is 2.28. The van der Waals surface area contributed by atoms with Crippen molar-refractivity contribution in [3.8, 4) is 28.7 Å². The third kappa shape index (κ3) is 4.36. The Balaban J connectivity index is 1.53. The minimum Gasteiger partial charge on any atom is -0.493 e. The first-order valence-corrected chi connectivity index (χ1v) is 10.2. The molecule has 4 rings (SSSR count). The number of non-ortho nitro benzene ring substituents is 1. The summed E-state index contributed by atoms with van der Waals surface area (Å²) in [4.78, 5) is 23.2. The van der Waals surface area contributed by atoms with Crippen molar-refractivity contribution in [1.29, 1.82) is 0 Å². The van der Waals surface area contributed by atoms with Crippen LogP contribution in [0.25, 0.3) is 6.08 Å². The minimum absolute atomic E-state index is 0.0126. The lowest BCUT2D eigenvalue weighted by Gasteiger charge is -2.14. The van der Waals surface area contributed by atoms with Gasteiger partial charge in [0.2, 0.25) is 11.5 Å². The molecule has 9 heteroatoms. The van der Waals surface area contributed by atoms with Crippen LogP contribution in [0.15, 0.2) is 60.4 Å². The highest BCUT2D eigenvalue weighted by Crippen LogP contribution is 2.42. The number of carbonyl (C=O) groups is 1. The molecule has 0 saturated heterocycles. The average Bonchev–Trinajstić information content (AvgIpc) is 3.16. The maximum Gasteiger partial charge on any atom is 0.269 e. The fraction of sp³-hybridized carbons (Fsp3) is 0.160. The number of nitro benzene ring substituents is 1. The normalized spacial score (nSPS) is 13.3. The van der Waals surface area contributed by atoms with Crippen LogP contribution in [-0.2, 0) is 6.61 Å². The molecule has 1 aliphatic rings. The lowest BCUT2D eigenvalue weighted by atomic mass is 10.1. The van der Waals surface area contributed by atoms with Crippen LogP contribution in [0.2, 0.25) is 0 Å². The Labute approximate surface area is 195 Å². The second kappa shape index (κ2) is 9.53. The number of allylic oxidation sites excluding steroid dienone is 1. The predicted octanol–water partition coefficient (Wildman–Crippen LogP) is 4.82. The van der Waals surface area contributed by atoms with Gasteiger partial charge in [-0.15, -0.1) is 0 Å². The molecule has 34 heavy (non-hydrogen) atoms. The number of Topliss-reactive ketones (excluding diaryl/α,β-unsaturated/α-hetero) is 1. The number of fused-ring (bicyclic) bond motifs is 1. The molecule has 3 aromatic rings. The molecule has 0 aliphatic carbocycles. The zero-order valence-corrected chi connectivity index (χ0v) is 18.7. The summed E-state index contributed by atoms with van der Waals surface area (Å²) in [7, 11) is 4.53. The monoisotopic (exact) mass is 463 g/mol. The van der Waals surface area contributed by atoms with Crippen molar-refractivity contribution >= 4 is 17.5 Å². The Bertz CT molecular complexity index is 1280. The summed E-state index contributed by atoms with van der Waals surface area (Å²) in [6.07, 6.45) is 1.58. The number of rotatable bonds is 8. The Kier molecular flexibility index (Phi) is 6.35. The van der Waals surface area contributed by atoms with Gasteiger partial charge in [-0.2, -0.15) is 0 Å². The fourth-order valence-corrected chi connectivity index (χ4v) is 3.52. The van der Waals surface area contributed by atoms with Crippen LogP contribution in [0.4, 0.5) is 5.69 Å². The van der Waals surface area contributed by atoms with Crippen LogP contribution in [0.1, 0.15) is 21.5 Å². The van der Waals surface area contributed by atoms with Crippen molar-refractivity contribution in [2.75, 3.05) is 21.3 Å². The number of methoxy groups -OCH3 is 3. The summed E-state index contributed by atoms with van der Waals surface area (Å²) >= 11 is 0. The molecule has 0 N–H and O–H groups in total. The van der Waals surface area contributed by atoms with Crippen molar-refractivity contribution in [3.63, 3.8) is 0 Å².